The standard InChI is InChI=1S/C16H14N2O4/c19-16(20)15-14-12(17-18-15)7-4-8-13(14)22-10-9-21-11-5-2-1-3-6-11/h1-8H,9-10H2,(H,17,18)(H,19,20). The van der Waals surface area contributed by atoms with Crippen LogP contribution < -0.4 is 9.47 Å². The second-order valence-electron chi connectivity index (χ2n) is 4.57. The van der Waals surface area contributed by atoms with Gasteiger partial charge >= 0.3 is 5.97 Å². The predicted octanol–water partition coefficient (Wildman–Crippen LogP) is 2.72. The Hall–Kier alpha value is -3.02. The van der Waals surface area contributed by atoms with Gasteiger partial charge in [0, 0.05) is 0 Å². The van der Waals surface area contributed by atoms with Crippen LogP contribution in [0.15, 0.2) is 48.5 Å². The lowest BCUT2D eigenvalue weighted by Gasteiger charge is -2.09. The van der Waals surface area contributed by atoms with Crippen molar-refractivity contribution in [3.8, 4) is 11.5 Å². The van der Waals surface area contributed by atoms with Crippen LogP contribution in [0.25, 0.3) is 10.9 Å². The Morgan fingerprint density at radius 1 is 1.05 bits per heavy atom. The van der Waals surface area contributed by atoms with Crippen LogP contribution in [0.5, 0.6) is 11.5 Å². The number of nitrogens with zero attached hydrogens (tertiary/aromatic N) is 1. The third-order valence-corrected chi connectivity index (χ3v) is 3.11. The zero-order valence-corrected chi connectivity index (χ0v) is 11.7. The van der Waals surface area contributed by atoms with Crippen LogP contribution in [0.4, 0.5) is 0 Å². The van der Waals surface area contributed by atoms with E-state index in [-0.39, 0.29) is 5.69 Å². The molecule has 0 radical (unpaired) electrons. The van der Waals surface area contributed by atoms with E-state index in [9.17, 15) is 4.79 Å². The van der Waals surface area contributed by atoms with Gasteiger partial charge in [0.05, 0.1) is 10.9 Å². The summed E-state index contributed by atoms with van der Waals surface area (Å²) >= 11 is 0. The molecule has 0 bridgehead atoms. The molecule has 0 aliphatic heterocycles. The molecule has 6 heteroatoms. The summed E-state index contributed by atoms with van der Waals surface area (Å²) in [6.07, 6.45) is 0. The summed E-state index contributed by atoms with van der Waals surface area (Å²) in [5.74, 6) is 0.141. The molecular weight excluding hydrogens is 284 g/mol. The highest BCUT2D eigenvalue weighted by molar-refractivity contribution is 6.03. The number of benzene rings is 2. The third-order valence-electron chi connectivity index (χ3n) is 3.11. The van der Waals surface area contributed by atoms with Crippen molar-refractivity contribution in [2.24, 2.45) is 0 Å². The summed E-state index contributed by atoms with van der Waals surface area (Å²) in [5, 5.41) is 16.1. The van der Waals surface area contributed by atoms with Crippen LogP contribution >= 0.6 is 0 Å². The van der Waals surface area contributed by atoms with Gasteiger partial charge in [-0.05, 0) is 24.3 Å². The first-order chi connectivity index (χ1) is 10.8. The van der Waals surface area contributed by atoms with Crippen molar-refractivity contribution in [2.45, 2.75) is 0 Å². The van der Waals surface area contributed by atoms with Crippen LogP contribution in [0.2, 0.25) is 0 Å². The van der Waals surface area contributed by atoms with Crippen molar-refractivity contribution in [3.05, 3.63) is 54.2 Å². The second-order valence-corrected chi connectivity index (χ2v) is 4.57. The largest absolute Gasteiger partial charge is 0.490 e. The van der Waals surface area contributed by atoms with E-state index in [2.05, 4.69) is 10.2 Å². The maximum Gasteiger partial charge on any atom is 0.357 e. The smallest absolute Gasteiger partial charge is 0.357 e. The first-order valence-electron chi connectivity index (χ1n) is 6.77. The summed E-state index contributed by atoms with van der Waals surface area (Å²) in [6, 6.07) is 14.7. The summed E-state index contributed by atoms with van der Waals surface area (Å²) < 4.78 is 11.2. The number of nitrogens with one attached hydrogen (secondary N) is 1. The van der Waals surface area contributed by atoms with Crippen molar-refractivity contribution < 1.29 is 19.4 Å². The van der Waals surface area contributed by atoms with Crippen LogP contribution in [0.1, 0.15) is 10.5 Å². The fraction of sp³-hybridized carbons (Fsp3) is 0.125. The summed E-state index contributed by atoms with van der Waals surface area (Å²) in [5.41, 5.74) is 0.577. The molecule has 0 saturated carbocycles. The fourth-order valence-corrected chi connectivity index (χ4v) is 2.14. The highest BCUT2D eigenvalue weighted by Gasteiger charge is 2.16. The number of rotatable bonds is 6. The second kappa shape index (κ2) is 6.17. The van der Waals surface area contributed by atoms with E-state index >= 15 is 0 Å². The van der Waals surface area contributed by atoms with Gasteiger partial charge in [-0.1, -0.05) is 24.3 Å². The van der Waals surface area contributed by atoms with E-state index in [1.54, 1.807) is 18.2 Å². The number of H-pyrrole nitrogens is 1. The molecule has 1 heterocycles. The van der Waals surface area contributed by atoms with Crippen LogP contribution in [-0.2, 0) is 0 Å². The van der Waals surface area contributed by atoms with E-state index < -0.39 is 5.97 Å². The van der Waals surface area contributed by atoms with Crippen LogP contribution in [0, 0.1) is 0 Å². The molecule has 3 rings (SSSR count). The minimum absolute atomic E-state index is 0.0467. The minimum atomic E-state index is -1.09. The lowest BCUT2D eigenvalue weighted by atomic mass is 10.2. The molecular formula is C16H14N2O4. The molecule has 1 aromatic heterocycles. The quantitative estimate of drug-likeness (QED) is 0.683. The van der Waals surface area contributed by atoms with Crippen molar-refractivity contribution in [1.82, 2.24) is 10.2 Å². The number of hydrogen-bond acceptors (Lipinski definition) is 4. The molecule has 0 spiro atoms. The molecule has 0 amide bonds. The highest BCUT2D eigenvalue weighted by atomic mass is 16.5. The number of para-hydroxylation sites is 1. The van der Waals surface area contributed by atoms with Crippen molar-refractivity contribution in [1.29, 1.82) is 0 Å². The molecule has 0 aliphatic rings. The molecule has 0 fully saturated rings. The van der Waals surface area contributed by atoms with Gasteiger partial charge in [0.2, 0.25) is 0 Å². The van der Waals surface area contributed by atoms with Crippen LogP contribution in [0.3, 0.4) is 0 Å². The first kappa shape index (κ1) is 13.9. The molecule has 2 aromatic carbocycles. The monoisotopic (exact) mass is 298 g/mol. The highest BCUT2D eigenvalue weighted by Crippen LogP contribution is 2.27. The van der Waals surface area contributed by atoms with Gasteiger partial charge in [-0.15, -0.1) is 0 Å². The predicted molar refractivity (Wildman–Crippen MR) is 80.5 cm³/mol. The Morgan fingerprint density at radius 2 is 1.82 bits per heavy atom. The molecule has 0 aliphatic carbocycles. The number of hydrogen-bond donors (Lipinski definition) is 2. The molecule has 0 saturated heterocycles. The molecule has 0 unspecified atom stereocenters. The molecule has 2 N–H and O–H groups in total. The van der Waals surface area contributed by atoms with Gasteiger partial charge < -0.3 is 14.6 Å². The molecule has 6 nitrogen and oxygen atoms in total. The van der Waals surface area contributed by atoms with Crippen LogP contribution in [-0.4, -0.2) is 34.5 Å². The van der Waals surface area contributed by atoms with Gasteiger partial charge in [-0.2, -0.15) is 5.10 Å². The van der Waals surface area contributed by atoms with E-state index in [1.807, 2.05) is 30.3 Å². The lowest BCUT2D eigenvalue weighted by molar-refractivity contribution is 0.0692. The Labute approximate surface area is 126 Å². The fourth-order valence-electron chi connectivity index (χ4n) is 2.14. The van der Waals surface area contributed by atoms with Crippen molar-refractivity contribution >= 4 is 16.9 Å². The zero-order valence-electron chi connectivity index (χ0n) is 11.7. The van der Waals surface area contributed by atoms with E-state index in [4.69, 9.17) is 14.6 Å². The number of carbonyl (C=O) groups is 1. The van der Waals surface area contributed by atoms with Gasteiger partial charge in [0.1, 0.15) is 24.7 Å². The topological polar surface area (TPSA) is 84.4 Å². The number of ether oxygens (including phenoxy) is 2. The third kappa shape index (κ3) is 2.85. The number of fused-ring (bicyclic) bond motifs is 1. The summed E-state index contributed by atoms with van der Waals surface area (Å²) in [4.78, 5) is 11.2. The molecule has 0 atom stereocenters. The average molecular weight is 298 g/mol. The maximum absolute atomic E-state index is 11.2. The molecule has 112 valence electrons. The Morgan fingerprint density at radius 3 is 2.59 bits per heavy atom. The maximum atomic E-state index is 11.2. The minimum Gasteiger partial charge on any atom is -0.490 e. The first-order valence-corrected chi connectivity index (χ1v) is 6.77. The van der Waals surface area contributed by atoms with Gasteiger partial charge in [-0.3, -0.25) is 5.10 Å². The van der Waals surface area contributed by atoms with E-state index in [0.29, 0.717) is 29.9 Å². The van der Waals surface area contributed by atoms with Crippen molar-refractivity contribution in [2.75, 3.05) is 13.2 Å². The Bertz CT molecular complexity index is 783. The average Bonchev–Trinajstić information content (AvgIpc) is 2.97. The number of aromatic amines is 1. The summed E-state index contributed by atoms with van der Waals surface area (Å²) in [7, 11) is 0. The lowest BCUT2D eigenvalue weighted by Crippen LogP contribution is -2.09. The molecule has 3 aromatic rings. The van der Waals surface area contributed by atoms with E-state index in [0.717, 1.165) is 5.75 Å². The number of aromatic carboxylic acids is 1. The Kier molecular flexibility index (Phi) is 3.91. The summed E-state index contributed by atoms with van der Waals surface area (Å²) in [6.45, 7) is 0.666. The number of carboxylic acids is 1. The zero-order chi connectivity index (χ0) is 15.4. The van der Waals surface area contributed by atoms with Crippen molar-refractivity contribution in [3.63, 3.8) is 0 Å². The van der Waals surface area contributed by atoms with Gasteiger partial charge in [0.15, 0.2) is 5.69 Å². The van der Waals surface area contributed by atoms with Gasteiger partial charge in [-0.25, -0.2) is 4.79 Å². The van der Waals surface area contributed by atoms with Gasteiger partial charge in [0.25, 0.3) is 0 Å². The number of carboxylic acid groups (broad SMARTS) is 1. The normalized spacial score (nSPS) is 10.5. The van der Waals surface area contributed by atoms with E-state index in [1.165, 1.54) is 0 Å². The SMILES string of the molecule is O=C(O)c1n[nH]c2cccc(OCCOc3ccccc3)c12. The Balaban J connectivity index is 1.69. The number of aromatic nitrogens is 2. The molecule has 22 heavy (non-hydrogen) atoms.